The normalized spacial score (nSPS) is 14.6. The van der Waals surface area contributed by atoms with Gasteiger partial charge in [0, 0.05) is 23.8 Å². The Labute approximate surface area is 93.0 Å². The maximum absolute atomic E-state index is 11.5. The van der Waals surface area contributed by atoms with Gasteiger partial charge < -0.3 is 15.2 Å². The van der Waals surface area contributed by atoms with E-state index in [9.17, 15) is 9.46 Å². The smallest absolute Gasteiger partial charge is 0.159 e. The van der Waals surface area contributed by atoms with E-state index in [2.05, 4.69) is 4.98 Å². The Morgan fingerprint density at radius 1 is 1.38 bits per heavy atom. The van der Waals surface area contributed by atoms with Crippen molar-refractivity contribution in [3.63, 3.8) is 0 Å². The summed E-state index contributed by atoms with van der Waals surface area (Å²) in [5.41, 5.74) is 6.97. The van der Waals surface area contributed by atoms with Gasteiger partial charge in [0.25, 0.3) is 0 Å². The molecule has 5 nitrogen and oxygen atoms in total. The highest BCUT2D eigenvalue weighted by molar-refractivity contribution is 7.63. The number of aromatic nitrogens is 2. The fourth-order valence-electron chi connectivity index (χ4n) is 1.43. The van der Waals surface area contributed by atoms with Crippen LogP contribution in [0.2, 0.25) is 0 Å². The molecule has 0 spiro atoms. The van der Waals surface area contributed by atoms with Gasteiger partial charge in [-0.2, -0.15) is 0 Å². The summed E-state index contributed by atoms with van der Waals surface area (Å²) in [7, 11) is -3.61. The molecule has 0 aliphatic rings. The molecule has 2 aromatic rings. The molecule has 2 rings (SSSR count). The Kier molecular flexibility index (Phi) is 2.58. The molecule has 1 aromatic heterocycles. The Morgan fingerprint density at radius 2 is 2.00 bits per heavy atom. The maximum atomic E-state index is 11.5. The lowest BCUT2D eigenvalue weighted by Crippen LogP contribution is -2.23. The van der Waals surface area contributed by atoms with Crippen LogP contribution in [0.25, 0.3) is 5.69 Å². The third kappa shape index (κ3) is 2.01. The number of hydrogen-bond donors (Lipinski definition) is 1. The van der Waals surface area contributed by atoms with E-state index in [1.54, 1.807) is 30.5 Å². The Balaban J connectivity index is 2.53. The summed E-state index contributed by atoms with van der Waals surface area (Å²) in [5, 5.41) is 0. The van der Waals surface area contributed by atoms with Gasteiger partial charge in [0.15, 0.2) is 5.57 Å². The molecule has 0 aliphatic carbocycles. The quantitative estimate of drug-likeness (QED) is 0.602. The minimum absolute atomic E-state index is 0.0530. The molecular weight excluding hydrogens is 225 g/mol. The van der Waals surface area contributed by atoms with Gasteiger partial charge in [-0.05, 0) is 30.9 Å². The highest BCUT2D eigenvalue weighted by Crippen LogP contribution is 2.28. The molecule has 0 saturated carbocycles. The van der Waals surface area contributed by atoms with Gasteiger partial charge in [-0.25, -0.2) is 4.98 Å². The monoisotopic (exact) mass is 236 g/mol. The van der Waals surface area contributed by atoms with Crippen LogP contribution < -0.4 is 16.2 Å². The van der Waals surface area contributed by atoms with Crippen LogP contribution in [0.5, 0.6) is 0 Å². The van der Waals surface area contributed by atoms with E-state index < -0.39 is 7.37 Å². The molecule has 2 N–H and O–H groups in total. The van der Waals surface area contributed by atoms with Crippen LogP contribution in [0.3, 0.4) is 0 Å². The van der Waals surface area contributed by atoms with Crippen LogP contribution in [0.1, 0.15) is 0 Å². The van der Waals surface area contributed by atoms with E-state index in [1.807, 2.05) is 0 Å². The van der Waals surface area contributed by atoms with E-state index in [0.29, 0.717) is 5.69 Å². The molecule has 16 heavy (non-hydrogen) atoms. The zero-order valence-electron chi connectivity index (χ0n) is 8.70. The Morgan fingerprint density at radius 3 is 2.56 bits per heavy atom. The van der Waals surface area contributed by atoms with Crippen molar-refractivity contribution in [1.82, 2.24) is 9.55 Å². The van der Waals surface area contributed by atoms with Crippen LogP contribution in [-0.4, -0.2) is 16.2 Å². The number of anilines is 1. The Bertz CT molecular complexity index is 541. The lowest BCUT2D eigenvalue weighted by Gasteiger charge is -2.18. The summed E-state index contributed by atoms with van der Waals surface area (Å²) in [5.74, 6) is 0. The summed E-state index contributed by atoms with van der Waals surface area (Å²) in [4.78, 5) is 15.3. The number of rotatable bonds is 2. The summed E-state index contributed by atoms with van der Waals surface area (Å²) >= 11 is 0. The van der Waals surface area contributed by atoms with Crippen molar-refractivity contribution in [1.29, 1.82) is 0 Å². The van der Waals surface area contributed by atoms with E-state index >= 15 is 0 Å². The van der Waals surface area contributed by atoms with Gasteiger partial charge in [0.2, 0.25) is 0 Å². The van der Waals surface area contributed by atoms with E-state index in [4.69, 9.17) is 5.73 Å². The molecule has 0 amide bonds. The molecule has 0 radical (unpaired) electrons. The maximum Gasteiger partial charge on any atom is 0.159 e. The average Bonchev–Trinajstić information content (AvgIpc) is 2.66. The third-order valence-electron chi connectivity index (χ3n) is 2.16. The number of nitrogen functional groups attached to an aromatic ring is 1. The SMILES string of the molecule is CP(=O)([O-])c1nccn1-c1ccc(N)cc1. The van der Waals surface area contributed by atoms with Crippen molar-refractivity contribution in [3.8, 4) is 5.69 Å². The standard InChI is InChI=1S/C10H12N3O2P/c1-16(14,15)10-12-6-7-13(10)9-4-2-8(11)3-5-9/h2-7H,11H2,1H3,(H,14,15)/p-1. The van der Waals surface area contributed by atoms with Crippen molar-refractivity contribution in [3.05, 3.63) is 36.7 Å². The van der Waals surface area contributed by atoms with Crippen LogP contribution in [0.15, 0.2) is 36.7 Å². The van der Waals surface area contributed by atoms with Crippen molar-refractivity contribution < 1.29 is 9.46 Å². The number of nitrogens with zero attached hydrogens (tertiary/aromatic N) is 2. The van der Waals surface area contributed by atoms with Crippen LogP contribution in [0.4, 0.5) is 5.69 Å². The predicted molar refractivity (Wildman–Crippen MR) is 61.1 cm³/mol. The molecule has 1 aromatic carbocycles. The van der Waals surface area contributed by atoms with Crippen LogP contribution >= 0.6 is 7.37 Å². The largest absolute Gasteiger partial charge is 0.794 e. The van der Waals surface area contributed by atoms with Gasteiger partial charge in [-0.1, -0.05) is 0 Å². The molecule has 6 heteroatoms. The second-order valence-electron chi connectivity index (χ2n) is 3.53. The fraction of sp³-hybridized carbons (Fsp3) is 0.100. The second kappa shape index (κ2) is 3.77. The first-order chi connectivity index (χ1) is 7.48. The van der Waals surface area contributed by atoms with Gasteiger partial charge in [-0.15, -0.1) is 0 Å². The number of nitrogens with two attached hydrogens (primary N) is 1. The molecule has 1 unspecified atom stereocenters. The molecule has 1 heterocycles. The molecule has 0 fully saturated rings. The predicted octanol–water partition coefficient (Wildman–Crippen LogP) is 0.348. The van der Waals surface area contributed by atoms with Gasteiger partial charge in [-0.3, -0.25) is 4.57 Å². The molecule has 0 aliphatic heterocycles. The first kappa shape index (κ1) is 10.9. The molecule has 84 valence electrons. The summed E-state index contributed by atoms with van der Waals surface area (Å²) in [6.45, 7) is 1.16. The fourth-order valence-corrected chi connectivity index (χ4v) is 2.28. The lowest BCUT2D eigenvalue weighted by molar-refractivity contribution is -0.170. The summed E-state index contributed by atoms with van der Waals surface area (Å²) in [6.07, 6.45) is 3.06. The lowest BCUT2D eigenvalue weighted by atomic mass is 10.3. The van der Waals surface area contributed by atoms with E-state index in [-0.39, 0.29) is 5.57 Å². The first-order valence-electron chi connectivity index (χ1n) is 4.67. The van der Waals surface area contributed by atoms with Crippen LogP contribution in [-0.2, 0) is 4.57 Å². The van der Waals surface area contributed by atoms with Gasteiger partial charge in [0.1, 0.15) is 0 Å². The molecular formula is C10H11N3O2P-. The third-order valence-corrected chi connectivity index (χ3v) is 3.21. The Hall–Kier alpha value is -1.58. The first-order valence-corrected chi connectivity index (χ1v) is 6.74. The average molecular weight is 236 g/mol. The van der Waals surface area contributed by atoms with Gasteiger partial charge >= 0.3 is 0 Å². The highest BCUT2D eigenvalue weighted by Gasteiger charge is 2.12. The topological polar surface area (TPSA) is 84.0 Å². The number of benzene rings is 1. The van der Waals surface area contributed by atoms with Gasteiger partial charge in [0.05, 0.1) is 7.37 Å². The molecule has 0 bridgehead atoms. The van der Waals surface area contributed by atoms with E-state index in [1.165, 1.54) is 10.8 Å². The highest BCUT2D eigenvalue weighted by atomic mass is 31.2. The summed E-state index contributed by atoms with van der Waals surface area (Å²) in [6, 6.07) is 6.92. The zero-order valence-corrected chi connectivity index (χ0v) is 9.59. The zero-order chi connectivity index (χ0) is 11.8. The number of hydrogen-bond acceptors (Lipinski definition) is 4. The van der Waals surface area contributed by atoms with Crippen molar-refractivity contribution in [2.45, 2.75) is 0 Å². The van der Waals surface area contributed by atoms with Crippen molar-refractivity contribution in [2.75, 3.05) is 12.4 Å². The second-order valence-corrected chi connectivity index (χ2v) is 5.63. The van der Waals surface area contributed by atoms with Crippen molar-refractivity contribution >= 4 is 18.6 Å². The van der Waals surface area contributed by atoms with E-state index in [0.717, 1.165) is 12.4 Å². The van der Waals surface area contributed by atoms with Crippen molar-refractivity contribution in [2.24, 2.45) is 0 Å². The molecule has 1 atom stereocenters. The minimum Gasteiger partial charge on any atom is -0.794 e. The van der Waals surface area contributed by atoms with Crippen LogP contribution in [0, 0.1) is 0 Å². The minimum atomic E-state index is -3.61. The molecule has 0 saturated heterocycles. The number of imidazole rings is 1. The summed E-state index contributed by atoms with van der Waals surface area (Å²) < 4.78 is 13.0.